The third-order valence-corrected chi connectivity index (χ3v) is 3.72. The first kappa shape index (κ1) is 15.1. The van der Waals surface area contributed by atoms with Crippen molar-refractivity contribution in [3.05, 3.63) is 65.2 Å². The number of rotatable bonds is 4. The smallest absolute Gasteiger partial charge is 0.287 e. The van der Waals surface area contributed by atoms with E-state index >= 15 is 0 Å². The van der Waals surface area contributed by atoms with Crippen molar-refractivity contribution >= 4 is 16.9 Å². The maximum atomic E-state index is 13.3. The minimum absolute atomic E-state index is 0.208. The fourth-order valence-corrected chi connectivity index (χ4v) is 2.42. The highest BCUT2D eigenvalue weighted by atomic mass is 19.1. The Hall–Kier alpha value is -2.82. The Morgan fingerprint density at radius 1 is 1.22 bits per heavy atom. The lowest BCUT2D eigenvalue weighted by Gasteiger charge is -2.05. The molecule has 1 N–H and O–H groups in total. The zero-order chi connectivity index (χ0) is 16.4. The first-order chi connectivity index (χ1) is 11.1. The molecule has 4 nitrogen and oxygen atoms in total. The topological polar surface area (TPSA) is 51.5 Å². The molecule has 0 saturated heterocycles. The van der Waals surface area contributed by atoms with Gasteiger partial charge in [-0.2, -0.15) is 0 Å². The average molecular weight is 313 g/mol. The van der Waals surface area contributed by atoms with E-state index in [9.17, 15) is 9.18 Å². The van der Waals surface area contributed by atoms with E-state index in [1.165, 1.54) is 18.2 Å². The molecule has 0 aliphatic rings. The predicted molar refractivity (Wildman–Crippen MR) is 85.1 cm³/mol. The molecule has 0 saturated carbocycles. The van der Waals surface area contributed by atoms with Gasteiger partial charge in [-0.3, -0.25) is 4.79 Å². The van der Waals surface area contributed by atoms with Gasteiger partial charge in [-0.25, -0.2) is 4.39 Å². The summed E-state index contributed by atoms with van der Waals surface area (Å²) in [6, 6.07) is 11.6. The molecule has 118 valence electrons. The summed E-state index contributed by atoms with van der Waals surface area (Å²) in [5.74, 6) is 0.288. The molecule has 0 radical (unpaired) electrons. The molecule has 3 rings (SSSR count). The van der Waals surface area contributed by atoms with Crippen LogP contribution >= 0.6 is 0 Å². The molecular formula is C18H16FNO3. The van der Waals surface area contributed by atoms with Gasteiger partial charge in [0.25, 0.3) is 5.91 Å². The Bertz CT molecular complexity index is 853. The van der Waals surface area contributed by atoms with E-state index in [1.54, 1.807) is 14.0 Å². The second-order valence-corrected chi connectivity index (χ2v) is 5.23. The van der Waals surface area contributed by atoms with Crippen molar-refractivity contribution in [2.75, 3.05) is 7.11 Å². The standard InChI is InChI=1S/C18H16FNO3/c1-11-15-9-13(19)5-8-16(15)23-17(11)18(21)20-10-12-3-6-14(22-2)7-4-12/h3-9H,10H2,1-2H3,(H,20,21). The number of hydrogen-bond donors (Lipinski definition) is 1. The van der Waals surface area contributed by atoms with Crippen molar-refractivity contribution in [2.24, 2.45) is 0 Å². The fraction of sp³-hybridized carbons (Fsp3) is 0.167. The van der Waals surface area contributed by atoms with Gasteiger partial charge in [0.1, 0.15) is 17.1 Å². The number of ether oxygens (including phenoxy) is 1. The van der Waals surface area contributed by atoms with Crippen LogP contribution in [-0.4, -0.2) is 13.0 Å². The van der Waals surface area contributed by atoms with E-state index < -0.39 is 0 Å². The molecular weight excluding hydrogens is 297 g/mol. The SMILES string of the molecule is COc1ccc(CNC(=O)c2oc3ccc(F)cc3c2C)cc1. The van der Waals surface area contributed by atoms with E-state index in [0.717, 1.165) is 11.3 Å². The summed E-state index contributed by atoms with van der Waals surface area (Å²) in [5.41, 5.74) is 2.07. The third-order valence-electron chi connectivity index (χ3n) is 3.72. The summed E-state index contributed by atoms with van der Waals surface area (Å²) < 4.78 is 23.9. The molecule has 0 bridgehead atoms. The molecule has 1 amide bonds. The van der Waals surface area contributed by atoms with Crippen LogP contribution in [0.5, 0.6) is 5.75 Å². The lowest BCUT2D eigenvalue weighted by atomic mass is 10.1. The Balaban J connectivity index is 1.76. The lowest BCUT2D eigenvalue weighted by Crippen LogP contribution is -2.22. The zero-order valence-corrected chi connectivity index (χ0v) is 12.9. The number of hydrogen-bond acceptors (Lipinski definition) is 3. The summed E-state index contributed by atoms with van der Waals surface area (Å²) in [4.78, 5) is 12.3. The molecule has 0 aliphatic carbocycles. The van der Waals surface area contributed by atoms with Crippen molar-refractivity contribution < 1.29 is 18.3 Å². The van der Waals surface area contributed by atoms with Crippen LogP contribution in [0.3, 0.4) is 0 Å². The van der Waals surface area contributed by atoms with Gasteiger partial charge < -0.3 is 14.5 Å². The number of fused-ring (bicyclic) bond motifs is 1. The van der Waals surface area contributed by atoms with Crippen LogP contribution < -0.4 is 10.1 Å². The number of furan rings is 1. The second kappa shape index (κ2) is 6.12. The monoisotopic (exact) mass is 313 g/mol. The number of amides is 1. The highest BCUT2D eigenvalue weighted by Crippen LogP contribution is 2.26. The number of aryl methyl sites for hydroxylation is 1. The van der Waals surface area contributed by atoms with Gasteiger partial charge in [-0.1, -0.05) is 12.1 Å². The van der Waals surface area contributed by atoms with Crippen LogP contribution in [0, 0.1) is 12.7 Å². The summed E-state index contributed by atoms with van der Waals surface area (Å²) in [6.45, 7) is 2.11. The molecule has 0 unspecified atom stereocenters. The number of methoxy groups -OCH3 is 1. The zero-order valence-electron chi connectivity index (χ0n) is 12.9. The molecule has 0 aliphatic heterocycles. The molecule has 1 heterocycles. The van der Waals surface area contributed by atoms with Crippen LogP contribution in [0.25, 0.3) is 11.0 Å². The molecule has 2 aromatic carbocycles. The fourth-order valence-electron chi connectivity index (χ4n) is 2.42. The van der Waals surface area contributed by atoms with Crippen molar-refractivity contribution in [3.8, 4) is 5.75 Å². The highest BCUT2D eigenvalue weighted by Gasteiger charge is 2.17. The summed E-state index contributed by atoms with van der Waals surface area (Å²) in [5, 5.41) is 3.41. The van der Waals surface area contributed by atoms with Gasteiger partial charge in [0.15, 0.2) is 5.76 Å². The first-order valence-electron chi connectivity index (χ1n) is 7.18. The van der Waals surface area contributed by atoms with E-state index in [0.29, 0.717) is 23.1 Å². The van der Waals surface area contributed by atoms with Crippen molar-refractivity contribution in [3.63, 3.8) is 0 Å². The molecule has 3 aromatic rings. The maximum Gasteiger partial charge on any atom is 0.287 e. The average Bonchev–Trinajstić information content (AvgIpc) is 2.90. The quantitative estimate of drug-likeness (QED) is 0.796. The summed E-state index contributed by atoms with van der Waals surface area (Å²) in [7, 11) is 1.60. The van der Waals surface area contributed by atoms with Crippen LogP contribution in [0.1, 0.15) is 21.7 Å². The second-order valence-electron chi connectivity index (χ2n) is 5.23. The Kier molecular flexibility index (Phi) is 4.02. The van der Waals surface area contributed by atoms with Gasteiger partial charge >= 0.3 is 0 Å². The van der Waals surface area contributed by atoms with Crippen molar-refractivity contribution in [1.29, 1.82) is 0 Å². The number of carbonyl (C=O) groups excluding carboxylic acids is 1. The van der Waals surface area contributed by atoms with E-state index in [-0.39, 0.29) is 17.5 Å². The molecule has 1 aromatic heterocycles. The molecule has 0 atom stereocenters. The maximum absolute atomic E-state index is 13.3. The van der Waals surface area contributed by atoms with Crippen LogP contribution in [0.4, 0.5) is 4.39 Å². The van der Waals surface area contributed by atoms with Gasteiger partial charge in [-0.05, 0) is 42.8 Å². The molecule has 5 heteroatoms. The largest absolute Gasteiger partial charge is 0.497 e. The Morgan fingerprint density at radius 2 is 1.96 bits per heavy atom. The van der Waals surface area contributed by atoms with E-state index in [4.69, 9.17) is 9.15 Å². The van der Waals surface area contributed by atoms with Crippen molar-refractivity contribution in [1.82, 2.24) is 5.32 Å². The van der Waals surface area contributed by atoms with E-state index in [1.807, 2.05) is 24.3 Å². The summed E-state index contributed by atoms with van der Waals surface area (Å²) in [6.07, 6.45) is 0. The van der Waals surface area contributed by atoms with E-state index in [2.05, 4.69) is 5.32 Å². The minimum atomic E-state index is -0.355. The van der Waals surface area contributed by atoms with Gasteiger partial charge in [0, 0.05) is 17.5 Å². The normalized spacial score (nSPS) is 10.7. The number of halogens is 1. The lowest BCUT2D eigenvalue weighted by molar-refractivity contribution is 0.0924. The van der Waals surface area contributed by atoms with Crippen LogP contribution in [0.15, 0.2) is 46.9 Å². The van der Waals surface area contributed by atoms with Gasteiger partial charge in [0.05, 0.1) is 7.11 Å². The predicted octanol–water partition coefficient (Wildman–Crippen LogP) is 3.82. The minimum Gasteiger partial charge on any atom is -0.497 e. The third kappa shape index (κ3) is 3.04. The van der Waals surface area contributed by atoms with Gasteiger partial charge in [0.2, 0.25) is 0 Å². The summed E-state index contributed by atoms with van der Waals surface area (Å²) >= 11 is 0. The van der Waals surface area contributed by atoms with Crippen molar-refractivity contribution in [2.45, 2.75) is 13.5 Å². The van der Waals surface area contributed by atoms with Gasteiger partial charge in [-0.15, -0.1) is 0 Å². The molecule has 0 spiro atoms. The first-order valence-corrected chi connectivity index (χ1v) is 7.18. The Morgan fingerprint density at radius 3 is 2.65 bits per heavy atom. The number of benzene rings is 2. The molecule has 0 fully saturated rings. The Labute approximate surface area is 132 Å². The van der Waals surface area contributed by atoms with Crippen LogP contribution in [-0.2, 0) is 6.54 Å². The highest BCUT2D eigenvalue weighted by molar-refractivity contribution is 5.98. The number of carbonyl (C=O) groups is 1. The number of nitrogens with one attached hydrogen (secondary N) is 1. The molecule has 23 heavy (non-hydrogen) atoms. The van der Waals surface area contributed by atoms with Crippen LogP contribution in [0.2, 0.25) is 0 Å².